The van der Waals surface area contributed by atoms with Gasteiger partial charge in [-0.05, 0) is 30.4 Å². The summed E-state index contributed by atoms with van der Waals surface area (Å²) in [4.78, 5) is 14.1. The number of alkyl halides is 3. The predicted octanol–water partition coefficient (Wildman–Crippen LogP) is 2.37. The molecular weight excluding hydrogens is 429 g/mol. The molecule has 158 valence electrons. The van der Waals surface area contributed by atoms with Crippen LogP contribution in [0.1, 0.15) is 30.1 Å². The minimum absolute atomic E-state index is 0.0131. The van der Waals surface area contributed by atoms with E-state index in [4.69, 9.17) is 0 Å². The molecular formula is C17H19F3N4O3S2. The Bertz CT molecular complexity index is 990. The Hall–Kier alpha value is -1.92. The summed E-state index contributed by atoms with van der Waals surface area (Å²) in [6.45, 7) is 0.396. The molecule has 0 unspecified atom stereocenters. The van der Waals surface area contributed by atoms with Crippen LogP contribution in [0.15, 0.2) is 27.8 Å². The Kier molecular flexibility index (Phi) is 5.20. The Balaban J connectivity index is 1.41. The van der Waals surface area contributed by atoms with E-state index >= 15 is 0 Å². The number of nitrogens with zero attached hydrogens (tertiary/aromatic N) is 4. The van der Waals surface area contributed by atoms with Crippen LogP contribution in [0, 0.1) is 0 Å². The van der Waals surface area contributed by atoms with E-state index in [0.717, 1.165) is 34.9 Å². The molecule has 0 N–H and O–H groups in total. The van der Waals surface area contributed by atoms with E-state index in [-0.39, 0.29) is 48.8 Å². The average molecular weight is 448 g/mol. The van der Waals surface area contributed by atoms with E-state index < -0.39 is 21.9 Å². The Morgan fingerprint density at radius 1 is 1.21 bits per heavy atom. The Labute approximate surface area is 169 Å². The fourth-order valence-corrected chi connectivity index (χ4v) is 5.91. The van der Waals surface area contributed by atoms with Crippen molar-refractivity contribution in [1.29, 1.82) is 0 Å². The molecule has 1 aliphatic carbocycles. The van der Waals surface area contributed by atoms with Gasteiger partial charge in [0.25, 0.3) is 10.0 Å². The van der Waals surface area contributed by atoms with Gasteiger partial charge >= 0.3 is 6.18 Å². The molecule has 0 atom stereocenters. The first-order valence-electron chi connectivity index (χ1n) is 9.12. The van der Waals surface area contributed by atoms with E-state index in [1.54, 1.807) is 11.4 Å². The van der Waals surface area contributed by atoms with Crippen molar-refractivity contribution in [3.05, 3.63) is 35.0 Å². The topological polar surface area (TPSA) is 75.5 Å². The molecule has 1 saturated carbocycles. The van der Waals surface area contributed by atoms with E-state index in [1.807, 2.05) is 0 Å². The molecule has 3 heterocycles. The van der Waals surface area contributed by atoms with Crippen molar-refractivity contribution in [1.82, 2.24) is 19.0 Å². The van der Waals surface area contributed by atoms with Crippen molar-refractivity contribution >= 4 is 27.3 Å². The molecule has 1 aliphatic heterocycles. The summed E-state index contributed by atoms with van der Waals surface area (Å²) >= 11 is 1.13. The third-order valence-corrected chi connectivity index (χ3v) is 8.33. The van der Waals surface area contributed by atoms with Gasteiger partial charge in [-0.2, -0.15) is 22.6 Å². The van der Waals surface area contributed by atoms with Crippen LogP contribution in [-0.2, 0) is 27.5 Å². The molecule has 2 aliphatic rings. The molecule has 0 bridgehead atoms. The molecule has 12 heteroatoms. The summed E-state index contributed by atoms with van der Waals surface area (Å²) in [5.74, 6) is -0.351. The lowest BCUT2D eigenvalue weighted by Gasteiger charge is -2.33. The molecule has 0 spiro atoms. The minimum atomic E-state index is -4.56. The van der Waals surface area contributed by atoms with Crippen molar-refractivity contribution in [3.8, 4) is 0 Å². The maximum absolute atomic E-state index is 13.0. The molecule has 0 radical (unpaired) electrons. The van der Waals surface area contributed by atoms with Crippen molar-refractivity contribution in [2.75, 3.05) is 26.2 Å². The van der Waals surface area contributed by atoms with Gasteiger partial charge in [0.2, 0.25) is 5.91 Å². The van der Waals surface area contributed by atoms with Gasteiger partial charge in [-0.15, -0.1) is 11.3 Å². The first-order valence-corrected chi connectivity index (χ1v) is 11.4. The standard InChI is InChI=1S/C17H19F3N4O3S2/c18-17(19,20)14-10-13(12-3-4-12)24(21-14)11-15(25)22-5-7-23(8-6-22)29(26,27)16-2-1-9-28-16/h1-2,9-10,12H,3-8,11H2. The van der Waals surface area contributed by atoms with Crippen LogP contribution in [-0.4, -0.2) is 59.5 Å². The van der Waals surface area contributed by atoms with Crippen LogP contribution in [0.5, 0.6) is 0 Å². The van der Waals surface area contributed by atoms with Gasteiger partial charge in [0.15, 0.2) is 5.69 Å². The fourth-order valence-electron chi connectivity index (χ4n) is 3.35. The second-order valence-electron chi connectivity index (χ2n) is 7.10. The molecule has 1 saturated heterocycles. The maximum atomic E-state index is 13.0. The minimum Gasteiger partial charge on any atom is -0.338 e. The summed E-state index contributed by atoms with van der Waals surface area (Å²) in [5.41, 5.74) is -0.552. The summed E-state index contributed by atoms with van der Waals surface area (Å²) in [7, 11) is -3.58. The zero-order valence-electron chi connectivity index (χ0n) is 15.3. The maximum Gasteiger partial charge on any atom is 0.435 e. The second kappa shape index (κ2) is 7.40. The molecule has 0 aromatic carbocycles. The summed E-state index contributed by atoms with van der Waals surface area (Å²) < 4.78 is 66.8. The molecule has 2 fully saturated rings. The highest BCUT2D eigenvalue weighted by Gasteiger charge is 2.38. The number of aromatic nitrogens is 2. The van der Waals surface area contributed by atoms with Crippen LogP contribution in [0.3, 0.4) is 0 Å². The predicted molar refractivity (Wildman–Crippen MR) is 98.9 cm³/mol. The molecule has 4 rings (SSSR count). The van der Waals surface area contributed by atoms with E-state index in [2.05, 4.69) is 5.10 Å². The lowest BCUT2D eigenvalue weighted by molar-refractivity contribution is -0.142. The number of hydrogen-bond acceptors (Lipinski definition) is 5. The molecule has 7 nitrogen and oxygen atoms in total. The number of thiophene rings is 1. The zero-order valence-corrected chi connectivity index (χ0v) is 16.9. The SMILES string of the molecule is O=C(Cn1nc(C(F)(F)F)cc1C1CC1)N1CCN(S(=O)(=O)c2cccs2)CC1. The van der Waals surface area contributed by atoms with Gasteiger partial charge in [-0.3, -0.25) is 9.48 Å². The van der Waals surface area contributed by atoms with Crippen molar-refractivity contribution in [2.45, 2.75) is 35.7 Å². The number of amides is 1. The number of hydrogen-bond donors (Lipinski definition) is 0. The molecule has 2 aromatic heterocycles. The number of carbonyl (C=O) groups excluding carboxylic acids is 1. The highest BCUT2D eigenvalue weighted by Crippen LogP contribution is 2.42. The van der Waals surface area contributed by atoms with E-state index in [0.29, 0.717) is 5.69 Å². The van der Waals surface area contributed by atoms with Crippen LogP contribution in [0.25, 0.3) is 0 Å². The normalized spacial score (nSPS) is 18.9. The van der Waals surface area contributed by atoms with Gasteiger partial charge in [-0.1, -0.05) is 6.07 Å². The number of piperazine rings is 1. The number of rotatable bonds is 5. The van der Waals surface area contributed by atoms with Gasteiger partial charge < -0.3 is 4.90 Å². The number of sulfonamides is 1. The Morgan fingerprint density at radius 3 is 2.45 bits per heavy atom. The van der Waals surface area contributed by atoms with Gasteiger partial charge in [0, 0.05) is 37.8 Å². The third kappa shape index (κ3) is 4.19. The lowest BCUT2D eigenvalue weighted by atomic mass is 10.2. The fraction of sp³-hybridized carbons (Fsp3) is 0.529. The first-order chi connectivity index (χ1) is 13.7. The molecule has 29 heavy (non-hydrogen) atoms. The highest BCUT2D eigenvalue weighted by molar-refractivity contribution is 7.91. The van der Waals surface area contributed by atoms with Gasteiger partial charge in [0.05, 0.1) is 0 Å². The third-order valence-electron chi connectivity index (χ3n) is 5.06. The second-order valence-corrected chi connectivity index (χ2v) is 10.2. The number of carbonyl (C=O) groups is 1. The van der Waals surface area contributed by atoms with Crippen molar-refractivity contribution < 1.29 is 26.4 Å². The largest absolute Gasteiger partial charge is 0.435 e. The average Bonchev–Trinajstić information content (AvgIpc) is 3.18. The van der Waals surface area contributed by atoms with Crippen LogP contribution in [0.4, 0.5) is 13.2 Å². The molecule has 1 amide bonds. The quantitative estimate of drug-likeness (QED) is 0.704. The smallest absolute Gasteiger partial charge is 0.338 e. The van der Waals surface area contributed by atoms with Gasteiger partial charge in [0.1, 0.15) is 10.8 Å². The molecule has 2 aromatic rings. The van der Waals surface area contributed by atoms with Crippen molar-refractivity contribution in [3.63, 3.8) is 0 Å². The monoisotopic (exact) mass is 448 g/mol. The van der Waals surface area contributed by atoms with Crippen LogP contribution >= 0.6 is 11.3 Å². The summed E-state index contributed by atoms with van der Waals surface area (Å²) in [6.07, 6.45) is -2.98. The lowest BCUT2D eigenvalue weighted by Crippen LogP contribution is -2.51. The van der Waals surface area contributed by atoms with E-state index in [1.165, 1.54) is 15.3 Å². The van der Waals surface area contributed by atoms with Crippen LogP contribution < -0.4 is 0 Å². The summed E-state index contributed by atoms with van der Waals surface area (Å²) in [5, 5.41) is 5.29. The first kappa shape index (κ1) is 20.4. The number of halogens is 3. The van der Waals surface area contributed by atoms with Gasteiger partial charge in [-0.25, -0.2) is 8.42 Å². The van der Waals surface area contributed by atoms with Crippen molar-refractivity contribution in [2.24, 2.45) is 0 Å². The van der Waals surface area contributed by atoms with Crippen LogP contribution in [0.2, 0.25) is 0 Å². The Morgan fingerprint density at radius 2 is 1.90 bits per heavy atom. The van der Waals surface area contributed by atoms with E-state index in [9.17, 15) is 26.4 Å². The summed E-state index contributed by atoms with van der Waals surface area (Å²) in [6, 6.07) is 4.22. The highest BCUT2D eigenvalue weighted by atomic mass is 32.2. The zero-order chi connectivity index (χ0) is 20.8.